The van der Waals surface area contributed by atoms with Crippen LogP contribution < -0.4 is 0 Å². The number of amides is 2. The number of likely N-dealkylation sites (tertiary alicyclic amines) is 2. The van der Waals surface area contributed by atoms with Gasteiger partial charge in [-0.1, -0.05) is 0 Å². The van der Waals surface area contributed by atoms with Crippen LogP contribution in [0.2, 0.25) is 0 Å². The quantitative estimate of drug-likeness (QED) is 0.902. The first-order valence-corrected chi connectivity index (χ1v) is 8.84. The minimum atomic E-state index is 0.0985. The molecule has 1 N–H and O–H groups in total. The Bertz CT molecular complexity index is 602. The standard InChI is InChI=1S/C18H27N3O3/c1-19-9-2-4-15(19)17(24)20-11-7-18(8-12-20)6-5-16(23)21(14-18)10-3-13-22/h2,4,9,22H,3,5-8,10-14H2,1H3. The van der Waals surface area contributed by atoms with Crippen molar-refractivity contribution in [2.75, 3.05) is 32.8 Å². The average molecular weight is 333 g/mol. The minimum absolute atomic E-state index is 0.0985. The van der Waals surface area contributed by atoms with E-state index >= 15 is 0 Å². The molecule has 0 aromatic carbocycles. The van der Waals surface area contributed by atoms with Crippen LogP contribution in [0.25, 0.3) is 0 Å². The van der Waals surface area contributed by atoms with Gasteiger partial charge < -0.3 is 19.5 Å². The van der Waals surface area contributed by atoms with E-state index in [1.165, 1.54) is 0 Å². The van der Waals surface area contributed by atoms with Gasteiger partial charge in [0.25, 0.3) is 5.91 Å². The van der Waals surface area contributed by atoms with Gasteiger partial charge in [-0.15, -0.1) is 0 Å². The molecule has 2 aliphatic rings. The summed E-state index contributed by atoms with van der Waals surface area (Å²) in [5.74, 6) is 0.303. The first-order valence-electron chi connectivity index (χ1n) is 8.84. The highest BCUT2D eigenvalue weighted by Crippen LogP contribution is 2.40. The second-order valence-electron chi connectivity index (χ2n) is 7.19. The maximum absolute atomic E-state index is 12.6. The predicted octanol–water partition coefficient (Wildman–Crippen LogP) is 1.25. The fourth-order valence-corrected chi connectivity index (χ4v) is 4.01. The monoisotopic (exact) mass is 333 g/mol. The number of aliphatic hydroxyl groups is 1. The van der Waals surface area contributed by atoms with Crippen LogP contribution in [0.1, 0.15) is 42.6 Å². The summed E-state index contributed by atoms with van der Waals surface area (Å²) in [7, 11) is 1.89. The van der Waals surface area contributed by atoms with E-state index in [0.717, 1.165) is 44.6 Å². The van der Waals surface area contributed by atoms with Gasteiger partial charge in [0.2, 0.25) is 5.91 Å². The van der Waals surface area contributed by atoms with E-state index < -0.39 is 0 Å². The third-order valence-corrected chi connectivity index (χ3v) is 5.61. The van der Waals surface area contributed by atoms with Crippen LogP contribution in [0.4, 0.5) is 0 Å². The fourth-order valence-electron chi connectivity index (χ4n) is 4.01. The average Bonchev–Trinajstić information content (AvgIpc) is 3.02. The van der Waals surface area contributed by atoms with Gasteiger partial charge in [-0.25, -0.2) is 0 Å². The molecule has 0 radical (unpaired) electrons. The van der Waals surface area contributed by atoms with Gasteiger partial charge in [-0.3, -0.25) is 9.59 Å². The van der Waals surface area contributed by atoms with Crippen LogP contribution in [0.3, 0.4) is 0 Å². The number of aryl methyl sites for hydroxylation is 1. The number of rotatable bonds is 4. The van der Waals surface area contributed by atoms with E-state index in [2.05, 4.69) is 0 Å². The van der Waals surface area contributed by atoms with Gasteiger partial charge in [-0.05, 0) is 43.2 Å². The van der Waals surface area contributed by atoms with Crippen LogP contribution in [-0.2, 0) is 11.8 Å². The molecule has 0 unspecified atom stereocenters. The lowest BCUT2D eigenvalue weighted by Crippen LogP contribution is -2.52. The summed E-state index contributed by atoms with van der Waals surface area (Å²) < 4.78 is 1.86. The lowest BCUT2D eigenvalue weighted by Gasteiger charge is -2.47. The Labute approximate surface area is 143 Å². The van der Waals surface area contributed by atoms with Crippen LogP contribution in [0.15, 0.2) is 18.3 Å². The maximum Gasteiger partial charge on any atom is 0.270 e. The first-order chi connectivity index (χ1) is 11.5. The van der Waals surface area contributed by atoms with Crippen LogP contribution in [0.5, 0.6) is 0 Å². The molecule has 1 aromatic heterocycles. The van der Waals surface area contributed by atoms with Crippen LogP contribution in [-0.4, -0.2) is 64.1 Å². The molecule has 2 amide bonds. The highest BCUT2D eigenvalue weighted by Gasteiger charge is 2.41. The van der Waals surface area contributed by atoms with Crippen molar-refractivity contribution in [3.05, 3.63) is 24.0 Å². The van der Waals surface area contributed by atoms with Gasteiger partial charge in [0, 0.05) is 52.5 Å². The molecular formula is C18H27N3O3. The van der Waals surface area contributed by atoms with Crippen molar-refractivity contribution in [2.24, 2.45) is 12.5 Å². The summed E-state index contributed by atoms with van der Waals surface area (Å²) in [6.45, 7) is 3.05. The number of piperidine rings is 2. The lowest BCUT2D eigenvalue weighted by atomic mass is 9.72. The molecular weight excluding hydrogens is 306 g/mol. The Morgan fingerprint density at radius 3 is 2.67 bits per heavy atom. The highest BCUT2D eigenvalue weighted by atomic mass is 16.3. The van der Waals surface area contributed by atoms with Gasteiger partial charge in [0.1, 0.15) is 5.69 Å². The smallest absolute Gasteiger partial charge is 0.270 e. The molecule has 6 heteroatoms. The van der Waals surface area contributed by atoms with E-state index in [-0.39, 0.29) is 23.8 Å². The zero-order valence-electron chi connectivity index (χ0n) is 14.4. The molecule has 6 nitrogen and oxygen atoms in total. The van der Waals surface area contributed by atoms with Gasteiger partial charge in [-0.2, -0.15) is 0 Å². The van der Waals surface area contributed by atoms with E-state index in [1.54, 1.807) is 0 Å². The number of hydrogen-bond donors (Lipinski definition) is 1. The van der Waals surface area contributed by atoms with Crippen molar-refractivity contribution in [3.63, 3.8) is 0 Å². The molecule has 2 fully saturated rings. The summed E-state index contributed by atoms with van der Waals surface area (Å²) in [4.78, 5) is 28.5. The molecule has 1 spiro atoms. The normalized spacial score (nSPS) is 20.7. The van der Waals surface area contributed by atoms with Crippen LogP contribution >= 0.6 is 0 Å². The number of hydrogen-bond acceptors (Lipinski definition) is 3. The van der Waals surface area contributed by atoms with Crippen molar-refractivity contribution >= 4 is 11.8 Å². The lowest BCUT2D eigenvalue weighted by molar-refractivity contribution is -0.139. The second-order valence-corrected chi connectivity index (χ2v) is 7.19. The van der Waals surface area contributed by atoms with E-state index in [4.69, 9.17) is 5.11 Å². The van der Waals surface area contributed by atoms with Crippen LogP contribution in [0, 0.1) is 5.41 Å². The fraction of sp³-hybridized carbons (Fsp3) is 0.667. The number of nitrogens with zero attached hydrogens (tertiary/aromatic N) is 3. The molecule has 0 aliphatic carbocycles. The van der Waals surface area contributed by atoms with Gasteiger partial charge in [0.05, 0.1) is 0 Å². The summed E-state index contributed by atoms with van der Waals surface area (Å²) in [5.41, 5.74) is 0.878. The van der Waals surface area contributed by atoms with Crippen molar-refractivity contribution < 1.29 is 14.7 Å². The Morgan fingerprint density at radius 1 is 1.29 bits per heavy atom. The molecule has 2 aliphatic heterocycles. The molecule has 3 rings (SSSR count). The highest BCUT2D eigenvalue weighted by molar-refractivity contribution is 5.92. The topological polar surface area (TPSA) is 65.8 Å². The van der Waals surface area contributed by atoms with Crippen molar-refractivity contribution in [3.8, 4) is 0 Å². The summed E-state index contributed by atoms with van der Waals surface area (Å²) in [5, 5.41) is 9.01. The number of carbonyl (C=O) groups is 2. The largest absolute Gasteiger partial charge is 0.396 e. The maximum atomic E-state index is 12.6. The molecule has 3 heterocycles. The van der Waals surface area contributed by atoms with Gasteiger partial charge in [0.15, 0.2) is 0 Å². The molecule has 1 aromatic rings. The summed E-state index contributed by atoms with van der Waals surface area (Å²) >= 11 is 0. The van der Waals surface area contributed by atoms with E-state index in [1.807, 2.05) is 39.7 Å². The molecule has 0 bridgehead atoms. The Hall–Kier alpha value is -1.82. The Balaban J connectivity index is 1.60. The van der Waals surface area contributed by atoms with Crippen molar-refractivity contribution in [2.45, 2.75) is 32.1 Å². The minimum Gasteiger partial charge on any atom is -0.396 e. The molecule has 132 valence electrons. The second kappa shape index (κ2) is 6.97. The number of aliphatic hydroxyl groups excluding tert-OH is 1. The molecule has 24 heavy (non-hydrogen) atoms. The van der Waals surface area contributed by atoms with E-state index in [0.29, 0.717) is 19.4 Å². The SMILES string of the molecule is Cn1cccc1C(=O)N1CCC2(CCC(=O)N(CCCO)C2)CC1. The first kappa shape index (κ1) is 17.0. The van der Waals surface area contributed by atoms with Crippen molar-refractivity contribution in [1.29, 1.82) is 0 Å². The number of carbonyl (C=O) groups excluding carboxylic acids is 2. The molecule has 2 saturated heterocycles. The van der Waals surface area contributed by atoms with Crippen molar-refractivity contribution in [1.82, 2.24) is 14.4 Å². The predicted molar refractivity (Wildman–Crippen MR) is 90.5 cm³/mol. The zero-order valence-corrected chi connectivity index (χ0v) is 14.4. The number of aromatic nitrogens is 1. The summed E-state index contributed by atoms with van der Waals surface area (Å²) in [6, 6.07) is 3.76. The Kier molecular flexibility index (Phi) is 4.94. The van der Waals surface area contributed by atoms with E-state index in [9.17, 15) is 9.59 Å². The Morgan fingerprint density at radius 2 is 2.04 bits per heavy atom. The van der Waals surface area contributed by atoms with Gasteiger partial charge >= 0.3 is 0 Å². The molecule has 0 atom stereocenters. The molecule has 0 saturated carbocycles. The summed E-state index contributed by atoms with van der Waals surface area (Å²) in [6.07, 6.45) is 5.95. The third kappa shape index (κ3) is 3.34. The third-order valence-electron chi connectivity index (χ3n) is 5.61. The zero-order chi connectivity index (χ0) is 17.2.